The number of anilines is 1. The molecule has 6 heteroatoms. The van der Waals surface area contributed by atoms with Crippen LogP contribution in [0.5, 0.6) is 5.75 Å². The van der Waals surface area contributed by atoms with E-state index in [1.54, 1.807) is 48.5 Å². The molecule has 0 bridgehead atoms. The van der Waals surface area contributed by atoms with Gasteiger partial charge in [-0.3, -0.25) is 9.59 Å². The second kappa shape index (κ2) is 7.65. The number of hydrogen-bond donors (Lipinski definition) is 2. The summed E-state index contributed by atoms with van der Waals surface area (Å²) >= 11 is 5.90. The number of nitrogens with one attached hydrogen (secondary N) is 1. The summed E-state index contributed by atoms with van der Waals surface area (Å²) in [5.74, 6) is -0.464. The van der Waals surface area contributed by atoms with Gasteiger partial charge in [0.05, 0.1) is 11.3 Å². The summed E-state index contributed by atoms with van der Waals surface area (Å²) in [5, 5.41) is 3.20. The van der Waals surface area contributed by atoms with E-state index in [9.17, 15) is 9.59 Å². The van der Waals surface area contributed by atoms with Crippen LogP contribution in [-0.4, -0.2) is 17.9 Å². The highest BCUT2D eigenvalue weighted by Crippen LogP contribution is 2.20. The molecule has 0 saturated carbocycles. The third-order valence-corrected chi connectivity index (χ3v) is 3.42. The van der Waals surface area contributed by atoms with Crippen LogP contribution in [0.15, 0.2) is 48.5 Å². The van der Waals surface area contributed by atoms with Crippen molar-refractivity contribution in [3.63, 3.8) is 0 Å². The maximum absolute atomic E-state index is 12.4. The van der Waals surface area contributed by atoms with Gasteiger partial charge in [0.15, 0.2) is 6.10 Å². The Balaban J connectivity index is 2.13. The average Bonchev–Trinajstić information content (AvgIpc) is 2.53. The van der Waals surface area contributed by atoms with Crippen LogP contribution in [0.3, 0.4) is 0 Å². The van der Waals surface area contributed by atoms with Gasteiger partial charge in [0.2, 0.25) is 0 Å². The van der Waals surface area contributed by atoms with Gasteiger partial charge < -0.3 is 15.8 Å². The smallest absolute Gasteiger partial charge is 0.265 e. The highest BCUT2D eigenvalue weighted by molar-refractivity contribution is 6.30. The summed E-state index contributed by atoms with van der Waals surface area (Å²) in [6, 6.07) is 13.4. The van der Waals surface area contributed by atoms with Crippen molar-refractivity contribution < 1.29 is 14.3 Å². The largest absolute Gasteiger partial charge is 0.481 e. The molecule has 2 aromatic rings. The van der Waals surface area contributed by atoms with Gasteiger partial charge in [0.1, 0.15) is 5.75 Å². The van der Waals surface area contributed by atoms with Crippen molar-refractivity contribution in [2.24, 2.45) is 5.73 Å². The van der Waals surface area contributed by atoms with Crippen LogP contribution < -0.4 is 15.8 Å². The number of para-hydroxylation sites is 1. The SMILES string of the molecule is CC[C@@H](Oc1cccc(Cl)c1)C(=O)Nc1ccccc1C(N)=O. The molecule has 0 unspecified atom stereocenters. The van der Waals surface area contributed by atoms with E-state index in [4.69, 9.17) is 22.1 Å². The molecule has 0 aliphatic rings. The van der Waals surface area contributed by atoms with E-state index in [1.807, 2.05) is 6.92 Å². The van der Waals surface area contributed by atoms with Crippen molar-refractivity contribution in [1.82, 2.24) is 0 Å². The van der Waals surface area contributed by atoms with Crippen LogP contribution in [0.25, 0.3) is 0 Å². The van der Waals surface area contributed by atoms with Gasteiger partial charge in [-0.15, -0.1) is 0 Å². The van der Waals surface area contributed by atoms with Gasteiger partial charge in [0.25, 0.3) is 11.8 Å². The first-order valence-corrected chi connectivity index (χ1v) is 7.51. The molecule has 0 aliphatic carbocycles. The molecule has 0 fully saturated rings. The number of amides is 2. The Bertz CT molecular complexity index is 718. The third kappa shape index (κ3) is 4.47. The van der Waals surface area contributed by atoms with Crippen LogP contribution in [0.2, 0.25) is 5.02 Å². The number of benzene rings is 2. The van der Waals surface area contributed by atoms with Crippen molar-refractivity contribution in [2.45, 2.75) is 19.4 Å². The molecule has 0 radical (unpaired) electrons. The van der Waals surface area contributed by atoms with E-state index in [2.05, 4.69) is 5.32 Å². The Morgan fingerprint density at radius 1 is 1.22 bits per heavy atom. The van der Waals surface area contributed by atoms with Crippen LogP contribution in [0.4, 0.5) is 5.69 Å². The van der Waals surface area contributed by atoms with Crippen molar-refractivity contribution in [3.8, 4) is 5.75 Å². The van der Waals surface area contributed by atoms with Crippen LogP contribution in [-0.2, 0) is 4.79 Å². The summed E-state index contributed by atoms with van der Waals surface area (Å²) in [5.41, 5.74) is 5.91. The fraction of sp³-hybridized carbons (Fsp3) is 0.176. The second-order valence-electron chi connectivity index (χ2n) is 4.87. The van der Waals surface area contributed by atoms with Gasteiger partial charge in [-0.2, -0.15) is 0 Å². The molecular weight excluding hydrogens is 316 g/mol. The van der Waals surface area contributed by atoms with E-state index in [1.165, 1.54) is 0 Å². The first-order valence-electron chi connectivity index (χ1n) is 7.13. The summed E-state index contributed by atoms with van der Waals surface area (Å²) in [6.45, 7) is 1.83. The van der Waals surface area contributed by atoms with Crippen molar-refractivity contribution >= 4 is 29.1 Å². The molecule has 5 nitrogen and oxygen atoms in total. The number of hydrogen-bond acceptors (Lipinski definition) is 3. The lowest BCUT2D eigenvalue weighted by Gasteiger charge is -2.18. The lowest BCUT2D eigenvalue weighted by Crippen LogP contribution is -2.33. The summed E-state index contributed by atoms with van der Waals surface area (Å²) in [6.07, 6.45) is -0.258. The maximum atomic E-state index is 12.4. The predicted molar refractivity (Wildman–Crippen MR) is 89.7 cm³/mol. The Kier molecular flexibility index (Phi) is 5.60. The quantitative estimate of drug-likeness (QED) is 0.852. The zero-order valence-electron chi connectivity index (χ0n) is 12.6. The maximum Gasteiger partial charge on any atom is 0.265 e. The number of halogens is 1. The Morgan fingerprint density at radius 3 is 2.61 bits per heavy atom. The Morgan fingerprint density at radius 2 is 1.96 bits per heavy atom. The first-order chi connectivity index (χ1) is 11.0. The zero-order valence-corrected chi connectivity index (χ0v) is 13.3. The number of ether oxygens (including phenoxy) is 1. The summed E-state index contributed by atoms with van der Waals surface area (Å²) in [4.78, 5) is 23.8. The molecular formula is C17H17ClN2O3. The summed E-state index contributed by atoms with van der Waals surface area (Å²) < 4.78 is 5.67. The van der Waals surface area contributed by atoms with Crippen LogP contribution in [0, 0.1) is 0 Å². The van der Waals surface area contributed by atoms with Gasteiger partial charge in [0, 0.05) is 5.02 Å². The molecule has 0 spiro atoms. The molecule has 2 aromatic carbocycles. The molecule has 0 heterocycles. The van der Waals surface area contributed by atoms with Gasteiger partial charge in [-0.05, 0) is 36.8 Å². The lowest BCUT2D eigenvalue weighted by molar-refractivity contribution is -0.122. The molecule has 2 rings (SSSR count). The minimum absolute atomic E-state index is 0.249. The van der Waals surface area contributed by atoms with E-state index in [0.29, 0.717) is 22.9 Å². The molecule has 0 aromatic heterocycles. The number of primary amides is 1. The van der Waals surface area contributed by atoms with E-state index in [-0.39, 0.29) is 11.5 Å². The molecule has 0 aliphatic heterocycles. The van der Waals surface area contributed by atoms with Gasteiger partial charge >= 0.3 is 0 Å². The molecule has 3 N–H and O–H groups in total. The zero-order chi connectivity index (χ0) is 16.8. The lowest BCUT2D eigenvalue weighted by atomic mass is 10.1. The first kappa shape index (κ1) is 16.8. The minimum Gasteiger partial charge on any atom is -0.481 e. The molecule has 120 valence electrons. The second-order valence-corrected chi connectivity index (χ2v) is 5.31. The molecule has 2 amide bonds. The number of rotatable bonds is 6. The standard InChI is InChI=1S/C17H17ClN2O3/c1-2-15(23-12-7-5-6-11(18)10-12)17(22)20-14-9-4-3-8-13(14)16(19)21/h3-10,15H,2H2,1H3,(H2,19,21)(H,20,22)/t15-/m1/s1. The predicted octanol–water partition coefficient (Wildman–Crippen LogP) is 3.24. The van der Waals surface area contributed by atoms with Gasteiger partial charge in [-0.25, -0.2) is 0 Å². The third-order valence-electron chi connectivity index (χ3n) is 3.19. The number of nitrogens with two attached hydrogens (primary N) is 1. The van der Waals surface area contributed by atoms with E-state index < -0.39 is 12.0 Å². The van der Waals surface area contributed by atoms with Crippen molar-refractivity contribution in [3.05, 3.63) is 59.1 Å². The highest BCUT2D eigenvalue weighted by Gasteiger charge is 2.20. The number of carbonyl (C=O) groups excluding carboxylic acids is 2. The minimum atomic E-state index is -0.714. The Hall–Kier alpha value is -2.53. The van der Waals surface area contributed by atoms with Crippen LogP contribution >= 0.6 is 11.6 Å². The topological polar surface area (TPSA) is 81.4 Å². The van der Waals surface area contributed by atoms with Crippen molar-refractivity contribution in [1.29, 1.82) is 0 Å². The van der Waals surface area contributed by atoms with Crippen LogP contribution in [0.1, 0.15) is 23.7 Å². The molecule has 0 saturated heterocycles. The fourth-order valence-corrected chi connectivity index (χ4v) is 2.23. The summed E-state index contributed by atoms with van der Waals surface area (Å²) in [7, 11) is 0. The van der Waals surface area contributed by atoms with Crippen molar-refractivity contribution in [2.75, 3.05) is 5.32 Å². The monoisotopic (exact) mass is 332 g/mol. The average molecular weight is 333 g/mol. The Labute approximate surface area is 139 Å². The molecule has 1 atom stereocenters. The van der Waals surface area contributed by atoms with E-state index in [0.717, 1.165) is 0 Å². The molecule has 23 heavy (non-hydrogen) atoms. The highest BCUT2D eigenvalue weighted by atomic mass is 35.5. The van der Waals surface area contributed by atoms with Gasteiger partial charge in [-0.1, -0.05) is 36.7 Å². The van der Waals surface area contributed by atoms with E-state index >= 15 is 0 Å². The number of carbonyl (C=O) groups is 2. The normalized spacial score (nSPS) is 11.6. The fourth-order valence-electron chi connectivity index (χ4n) is 2.05.